The molecule has 1 aromatic rings. The molecule has 0 heterocycles. The molecule has 0 fully saturated rings. The van der Waals surface area contributed by atoms with Crippen LogP contribution in [0.3, 0.4) is 0 Å². The molecule has 0 saturated heterocycles. The second-order valence-corrected chi connectivity index (χ2v) is 3.26. The van der Waals surface area contributed by atoms with Crippen LogP contribution < -0.4 is 9.47 Å². The van der Waals surface area contributed by atoms with Crippen LogP contribution in [0.1, 0.15) is 18.6 Å². The molecular formula is C12H18O4. The summed E-state index contributed by atoms with van der Waals surface area (Å²) in [5.41, 5.74) is 0.676. The summed E-state index contributed by atoms with van der Waals surface area (Å²) in [5, 5.41) is 9.92. The molecule has 1 unspecified atom stereocenters. The number of aliphatic hydroxyl groups excluding tert-OH is 1. The first-order valence-electron chi connectivity index (χ1n) is 5.21. The van der Waals surface area contributed by atoms with E-state index >= 15 is 0 Å². The lowest BCUT2D eigenvalue weighted by atomic mass is 10.1. The van der Waals surface area contributed by atoms with Crippen molar-refractivity contribution < 1.29 is 19.3 Å². The summed E-state index contributed by atoms with van der Waals surface area (Å²) in [6.45, 7) is 2.71. The van der Waals surface area contributed by atoms with E-state index in [1.807, 2.05) is 13.0 Å². The summed E-state index contributed by atoms with van der Waals surface area (Å²) in [5.74, 6) is 1.16. The lowest BCUT2D eigenvalue weighted by Crippen LogP contribution is -2.09. The van der Waals surface area contributed by atoms with Gasteiger partial charge in [0.05, 0.1) is 20.8 Å². The highest BCUT2D eigenvalue weighted by molar-refractivity contribution is 5.47. The van der Waals surface area contributed by atoms with Crippen LogP contribution in [0.2, 0.25) is 0 Å². The Kier molecular flexibility index (Phi) is 5.08. The first kappa shape index (κ1) is 12.8. The average Bonchev–Trinajstić information content (AvgIpc) is 2.34. The van der Waals surface area contributed by atoms with Crippen LogP contribution in [0.25, 0.3) is 0 Å². The number of rotatable bonds is 6. The van der Waals surface area contributed by atoms with E-state index in [0.717, 1.165) is 0 Å². The molecule has 0 aliphatic heterocycles. The molecule has 1 N–H and O–H groups in total. The zero-order valence-electron chi connectivity index (χ0n) is 9.90. The normalized spacial score (nSPS) is 12.2. The topological polar surface area (TPSA) is 47.9 Å². The zero-order chi connectivity index (χ0) is 12.0. The van der Waals surface area contributed by atoms with Gasteiger partial charge in [0.2, 0.25) is 0 Å². The van der Waals surface area contributed by atoms with Gasteiger partial charge in [0, 0.05) is 12.2 Å². The molecule has 0 aliphatic rings. The van der Waals surface area contributed by atoms with Gasteiger partial charge in [0.1, 0.15) is 6.10 Å². The molecule has 0 spiro atoms. The van der Waals surface area contributed by atoms with Crippen LogP contribution in [-0.2, 0) is 4.74 Å². The maximum atomic E-state index is 9.92. The quantitative estimate of drug-likeness (QED) is 0.803. The molecule has 1 atom stereocenters. The van der Waals surface area contributed by atoms with Crippen LogP contribution in [0.5, 0.6) is 11.5 Å². The highest BCUT2D eigenvalue weighted by Crippen LogP contribution is 2.34. The minimum Gasteiger partial charge on any atom is -0.493 e. The van der Waals surface area contributed by atoms with Crippen molar-refractivity contribution in [3.63, 3.8) is 0 Å². The first-order valence-corrected chi connectivity index (χ1v) is 5.21. The summed E-state index contributed by atoms with van der Waals surface area (Å²) >= 11 is 0. The summed E-state index contributed by atoms with van der Waals surface area (Å²) in [7, 11) is 3.12. The van der Waals surface area contributed by atoms with E-state index in [9.17, 15) is 5.11 Å². The van der Waals surface area contributed by atoms with E-state index in [-0.39, 0.29) is 6.61 Å². The third kappa shape index (κ3) is 2.87. The number of methoxy groups -OCH3 is 2. The molecule has 0 aromatic heterocycles. The molecule has 1 aromatic carbocycles. The maximum Gasteiger partial charge on any atom is 0.166 e. The molecule has 4 heteroatoms. The van der Waals surface area contributed by atoms with Crippen molar-refractivity contribution in [1.82, 2.24) is 0 Å². The molecule has 0 amide bonds. The molecule has 0 saturated carbocycles. The van der Waals surface area contributed by atoms with Gasteiger partial charge in [-0.2, -0.15) is 0 Å². The standard InChI is InChI=1S/C12H18O4/c1-4-16-8-10(13)9-6-5-7-11(14-2)12(9)15-3/h5-7,10,13H,4,8H2,1-3H3. The smallest absolute Gasteiger partial charge is 0.166 e. The number of ether oxygens (including phenoxy) is 3. The van der Waals surface area contributed by atoms with Crippen molar-refractivity contribution in [3.8, 4) is 11.5 Å². The fourth-order valence-corrected chi connectivity index (χ4v) is 1.49. The van der Waals surface area contributed by atoms with Crippen molar-refractivity contribution in [2.75, 3.05) is 27.4 Å². The molecule has 0 aliphatic carbocycles. The van der Waals surface area contributed by atoms with E-state index in [4.69, 9.17) is 14.2 Å². The van der Waals surface area contributed by atoms with E-state index < -0.39 is 6.10 Å². The van der Waals surface area contributed by atoms with Gasteiger partial charge < -0.3 is 19.3 Å². The van der Waals surface area contributed by atoms with E-state index in [0.29, 0.717) is 23.7 Å². The summed E-state index contributed by atoms with van der Waals surface area (Å²) in [4.78, 5) is 0. The van der Waals surface area contributed by atoms with Crippen LogP contribution in [0, 0.1) is 0 Å². The number of benzene rings is 1. The van der Waals surface area contributed by atoms with Crippen LogP contribution in [0.4, 0.5) is 0 Å². The molecule has 90 valence electrons. The van der Waals surface area contributed by atoms with Gasteiger partial charge in [0.25, 0.3) is 0 Å². The van der Waals surface area contributed by atoms with Crippen molar-refractivity contribution in [3.05, 3.63) is 23.8 Å². The first-order chi connectivity index (χ1) is 7.74. The Balaban J connectivity index is 2.93. The SMILES string of the molecule is CCOCC(O)c1cccc(OC)c1OC. The molecule has 0 bridgehead atoms. The third-order valence-electron chi connectivity index (χ3n) is 2.27. The molecule has 4 nitrogen and oxygen atoms in total. The lowest BCUT2D eigenvalue weighted by Gasteiger charge is -2.16. The van der Waals surface area contributed by atoms with Crippen molar-refractivity contribution in [2.24, 2.45) is 0 Å². The minimum absolute atomic E-state index is 0.250. The van der Waals surface area contributed by atoms with Gasteiger partial charge >= 0.3 is 0 Å². The molecule has 16 heavy (non-hydrogen) atoms. The second kappa shape index (κ2) is 6.35. The largest absolute Gasteiger partial charge is 0.493 e. The second-order valence-electron chi connectivity index (χ2n) is 3.26. The van der Waals surface area contributed by atoms with E-state index in [1.54, 1.807) is 26.4 Å². The van der Waals surface area contributed by atoms with Gasteiger partial charge in [0.15, 0.2) is 11.5 Å². The Labute approximate surface area is 95.8 Å². The Hall–Kier alpha value is -1.26. The number of para-hydroxylation sites is 1. The zero-order valence-corrected chi connectivity index (χ0v) is 9.90. The number of hydrogen-bond acceptors (Lipinski definition) is 4. The van der Waals surface area contributed by atoms with Crippen LogP contribution >= 0.6 is 0 Å². The number of hydrogen-bond donors (Lipinski definition) is 1. The van der Waals surface area contributed by atoms with Gasteiger partial charge in [-0.15, -0.1) is 0 Å². The van der Waals surface area contributed by atoms with E-state index in [1.165, 1.54) is 0 Å². The monoisotopic (exact) mass is 226 g/mol. The Bertz CT molecular complexity index is 325. The van der Waals surface area contributed by atoms with E-state index in [2.05, 4.69) is 0 Å². The third-order valence-corrected chi connectivity index (χ3v) is 2.27. The van der Waals surface area contributed by atoms with Crippen molar-refractivity contribution >= 4 is 0 Å². The maximum absolute atomic E-state index is 9.92. The minimum atomic E-state index is -0.704. The van der Waals surface area contributed by atoms with Crippen molar-refractivity contribution in [2.45, 2.75) is 13.0 Å². The van der Waals surface area contributed by atoms with Crippen molar-refractivity contribution in [1.29, 1.82) is 0 Å². The Morgan fingerprint density at radius 3 is 2.56 bits per heavy atom. The van der Waals surface area contributed by atoms with Crippen LogP contribution in [0.15, 0.2) is 18.2 Å². The molecular weight excluding hydrogens is 208 g/mol. The molecule has 0 radical (unpaired) electrons. The Morgan fingerprint density at radius 2 is 2.00 bits per heavy atom. The fourth-order valence-electron chi connectivity index (χ4n) is 1.49. The highest BCUT2D eigenvalue weighted by atomic mass is 16.5. The Morgan fingerprint density at radius 1 is 1.25 bits per heavy atom. The van der Waals surface area contributed by atoms with Gasteiger partial charge in [-0.25, -0.2) is 0 Å². The predicted molar refractivity (Wildman–Crippen MR) is 61.0 cm³/mol. The fraction of sp³-hybridized carbons (Fsp3) is 0.500. The van der Waals surface area contributed by atoms with Gasteiger partial charge in [-0.1, -0.05) is 12.1 Å². The lowest BCUT2D eigenvalue weighted by molar-refractivity contribution is 0.0406. The number of aliphatic hydroxyl groups is 1. The van der Waals surface area contributed by atoms with Gasteiger partial charge in [-0.3, -0.25) is 0 Å². The highest BCUT2D eigenvalue weighted by Gasteiger charge is 2.16. The van der Waals surface area contributed by atoms with Crippen LogP contribution in [-0.4, -0.2) is 32.5 Å². The summed E-state index contributed by atoms with van der Waals surface area (Å²) < 4.78 is 15.6. The predicted octanol–water partition coefficient (Wildman–Crippen LogP) is 1.77. The summed E-state index contributed by atoms with van der Waals surface area (Å²) in [6, 6.07) is 5.40. The summed E-state index contributed by atoms with van der Waals surface area (Å²) in [6.07, 6.45) is -0.704. The van der Waals surface area contributed by atoms with Gasteiger partial charge in [-0.05, 0) is 13.0 Å². The molecule has 1 rings (SSSR count). The average molecular weight is 226 g/mol.